The van der Waals surface area contributed by atoms with Crippen molar-refractivity contribution in [2.45, 2.75) is 6.54 Å². The number of likely N-dealkylation sites (N-methyl/N-ethyl adjacent to an activating group) is 1. The summed E-state index contributed by atoms with van der Waals surface area (Å²) in [7, 11) is 1.45. The normalized spacial score (nSPS) is 10.4. The molecule has 0 spiro atoms. The number of halogens is 3. The van der Waals surface area contributed by atoms with Gasteiger partial charge >= 0.3 is 0 Å². The van der Waals surface area contributed by atoms with E-state index in [1.807, 2.05) is 0 Å². The van der Waals surface area contributed by atoms with E-state index in [0.29, 0.717) is 11.6 Å². The van der Waals surface area contributed by atoms with Crippen molar-refractivity contribution >= 4 is 23.2 Å². The van der Waals surface area contributed by atoms with E-state index in [1.165, 1.54) is 30.1 Å². The largest absolute Gasteiger partial charge is 0.481 e. The standard InChI is InChI=1S/C16H13ClF2N2O4/c1-20(8-10-6-12(21(23)24)3-4-13(10)17)16(22)9-25-15-5-2-11(18)7-14(15)19/h2-7H,8-9H2,1H3. The smallest absolute Gasteiger partial charge is 0.269 e. The number of nitro benzene ring substituents is 1. The molecule has 2 rings (SSSR count). The van der Waals surface area contributed by atoms with Gasteiger partial charge < -0.3 is 9.64 Å². The van der Waals surface area contributed by atoms with E-state index in [9.17, 15) is 23.7 Å². The minimum absolute atomic E-state index is 0.00854. The van der Waals surface area contributed by atoms with Gasteiger partial charge in [0.05, 0.1) is 4.92 Å². The molecule has 0 aliphatic carbocycles. The molecule has 132 valence electrons. The molecule has 0 unspecified atom stereocenters. The Bertz CT molecular complexity index is 817. The highest BCUT2D eigenvalue weighted by Gasteiger charge is 2.16. The van der Waals surface area contributed by atoms with E-state index in [2.05, 4.69) is 0 Å². The predicted molar refractivity (Wildman–Crippen MR) is 86.4 cm³/mol. The Hall–Kier alpha value is -2.74. The zero-order valence-electron chi connectivity index (χ0n) is 13.0. The Morgan fingerprint density at radius 1 is 1.28 bits per heavy atom. The number of hydrogen-bond donors (Lipinski definition) is 0. The maximum absolute atomic E-state index is 13.5. The van der Waals surface area contributed by atoms with Crippen LogP contribution >= 0.6 is 11.6 Å². The van der Waals surface area contributed by atoms with Gasteiger partial charge in [0.15, 0.2) is 18.2 Å². The van der Waals surface area contributed by atoms with Gasteiger partial charge in [-0.05, 0) is 23.8 Å². The first kappa shape index (κ1) is 18.6. The van der Waals surface area contributed by atoms with Crippen molar-refractivity contribution in [2.75, 3.05) is 13.7 Å². The van der Waals surface area contributed by atoms with Crippen LogP contribution in [0.5, 0.6) is 5.75 Å². The first-order valence-electron chi connectivity index (χ1n) is 7.02. The summed E-state index contributed by atoms with van der Waals surface area (Å²) in [5.74, 6) is -2.44. The molecule has 0 aliphatic rings. The van der Waals surface area contributed by atoms with Gasteiger partial charge in [-0.25, -0.2) is 8.78 Å². The Morgan fingerprint density at radius 2 is 2.00 bits per heavy atom. The molecule has 6 nitrogen and oxygen atoms in total. The number of benzene rings is 2. The van der Waals surface area contributed by atoms with Gasteiger partial charge in [0.2, 0.25) is 0 Å². The molecule has 9 heteroatoms. The molecule has 25 heavy (non-hydrogen) atoms. The van der Waals surface area contributed by atoms with Crippen LogP contribution in [0.3, 0.4) is 0 Å². The lowest BCUT2D eigenvalue weighted by atomic mass is 10.2. The van der Waals surface area contributed by atoms with Gasteiger partial charge in [-0.1, -0.05) is 11.6 Å². The average Bonchev–Trinajstić information content (AvgIpc) is 2.55. The third-order valence-electron chi connectivity index (χ3n) is 3.32. The Kier molecular flexibility index (Phi) is 5.87. The summed E-state index contributed by atoms with van der Waals surface area (Å²) < 4.78 is 31.3. The van der Waals surface area contributed by atoms with Crippen LogP contribution in [-0.4, -0.2) is 29.4 Å². The van der Waals surface area contributed by atoms with Crippen molar-refractivity contribution in [3.63, 3.8) is 0 Å². The van der Waals surface area contributed by atoms with Crippen LogP contribution in [0.1, 0.15) is 5.56 Å². The van der Waals surface area contributed by atoms with Crippen LogP contribution in [-0.2, 0) is 11.3 Å². The molecule has 0 fully saturated rings. The number of amides is 1. The number of carbonyl (C=O) groups is 1. The van der Waals surface area contributed by atoms with E-state index in [1.54, 1.807) is 0 Å². The maximum Gasteiger partial charge on any atom is 0.269 e. The topological polar surface area (TPSA) is 72.7 Å². The van der Waals surface area contributed by atoms with Crippen molar-refractivity contribution in [1.29, 1.82) is 0 Å². The van der Waals surface area contributed by atoms with E-state index in [0.717, 1.165) is 12.1 Å². The van der Waals surface area contributed by atoms with Crippen LogP contribution in [0.15, 0.2) is 36.4 Å². The van der Waals surface area contributed by atoms with Crippen molar-refractivity contribution in [2.24, 2.45) is 0 Å². The molecule has 0 bridgehead atoms. The Labute approximate surface area is 146 Å². The van der Waals surface area contributed by atoms with Gasteiger partial charge in [0, 0.05) is 36.8 Å². The second-order valence-electron chi connectivity index (χ2n) is 5.15. The molecule has 2 aromatic rings. The monoisotopic (exact) mass is 370 g/mol. The third kappa shape index (κ3) is 4.87. The second-order valence-corrected chi connectivity index (χ2v) is 5.55. The van der Waals surface area contributed by atoms with Crippen molar-refractivity contribution in [3.8, 4) is 5.75 Å². The number of non-ortho nitro benzene ring substituents is 1. The molecule has 2 aromatic carbocycles. The van der Waals surface area contributed by atoms with Gasteiger partial charge in [-0.15, -0.1) is 0 Å². The van der Waals surface area contributed by atoms with Crippen LogP contribution in [0.2, 0.25) is 5.02 Å². The SMILES string of the molecule is CN(Cc1cc([N+](=O)[O-])ccc1Cl)C(=O)COc1ccc(F)cc1F. The van der Waals surface area contributed by atoms with E-state index in [4.69, 9.17) is 16.3 Å². The maximum atomic E-state index is 13.5. The lowest BCUT2D eigenvalue weighted by Crippen LogP contribution is -2.31. The summed E-state index contributed by atoms with van der Waals surface area (Å²) >= 11 is 5.98. The predicted octanol–water partition coefficient (Wildman–Crippen LogP) is 3.56. The summed E-state index contributed by atoms with van der Waals surface area (Å²) in [4.78, 5) is 23.5. The third-order valence-corrected chi connectivity index (χ3v) is 3.69. The average molecular weight is 371 g/mol. The highest BCUT2D eigenvalue weighted by atomic mass is 35.5. The van der Waals surface area contributed by atoms with E-state index < -0.39 is 29.1 Å². The number of nitrogens with zero attached hydrogens (tertiary/aromatic N) is 2. The highest BCUT2D eigenvalue weighted by molar-refractivity contribution is 6.31. The quantitative estimate of drug-likeness (QED) is 0.575. The van der Waals surface area contributed by atoms with Crippen molar-refractivity contribution < 1.29 is 23.2 Å². The molecule has 0 heterocycles. The molecular weight excluding hydrogens is 358 g/mol. The summed E-state index contributed by atoms with van der Waals surface area (Å²) in [5.41, 5.74) is 0.240. The van der Waals surface area contributed by atoms with Gasteiger partial charge in [-0.2, -0.15) is 0 Å². The highest BCUT2D eigenvalue weighted by Crippen LogP contribution is 2.23. The van der Waals surface area contributed by atoms with Crippen LogP contribution in [0.25, 0.3) is 0 Å². The van der Waals surface area contributed by atoms with Crippen molar-refractivity contribution in [1.82, 2.24) is 4.90 Å². The van der Waals surface area contributed by atoms with Crippen LogP contribution in [0.4, 0.5) is 14.5 Å². The first-order chi connectivity index (χ1) is 11.8. The molecule has 0 aromatic heterocycles. The minimum Gasteiger partial charge on any atom is -0.481 e. The lowest BCUT2D eigenvalue weighted by Gasteiger charge is -2.18. The van der Waals surface area contributed by atoms with Crippen molar-refractivity contribution in [3.05, 3.63) is 68.7 Å². The molecule has 0 aliphatic heterocycles. The summed E-state index contributed by atoms with van der Waals surface area (Å²) in [5, 5.41) is 11.1. The van der Waals surface area contributed by atoms with Gasteiger partial charge in [0.25, 0.3) is 11.6 Å². The van der Waals surface area contributed by atoms with Crippen LogP contribution < -0.4 is 4.74 Å². The first-order valence-corrected chi connectivity index (χ1v) is 7.40. The second kappa shape index (κ2) is 7.89. The van der Waals surface area contributed by atoms with Gasteiger partial charge in [-0.3, -0.25) is 14.9 Å². The summed E-state index contributed by atoms with van der Waals surface area (Å²) in [6.45, 7) is -0.472. The Morgan fingerprint density at radius 3 is 2.64 bits per heavy atom. The molecule has 0 N–H and O–H groups in total. The zero-order chi connectivity index (χ0) is 18.6. The number of nitro groups is 1. The minimum atomic E-state index is -0.919. The zero-order valence-corrected chi connectivity index (χ0v) is 13.8. The van der Waals surface area contributed by atoms with E-state index in [-0.39, 0.29) is 23.0 Å². The molecule has 0 saturated heterocycles. The van der Waals surface area contributed by atoms with E-state index >= 15 is 0 Å². The molecule has 0 radical (unpaired) electrons. The van der Waals surface area contributed by atoms with Gasteiger partial charge in [0.1, 0.15) is 5.82 Å². The van der Waals surface area contributed by atoms with Crippen LogP contribution in [0, 0.1) is 21.7 Å². The molecule has 0 atom stereocenters. The number of carbonyl (C=O) groups excluding carboxylic acids is 1. The lowest BCUT2D eigenvalue weighted by molar-refractivity contribution is -0.384. The summed E-state index contributed by atoms with van der Waals surface area (Å²) in [6.07, 6.45) is 0. The number of rotatable bonds is 6. The molecular formula is C16H13ClF2N2O4. The number of ether oxygens (including phenoxy) is 1. The molecule has 0 saturated carbocycles. The fourth-order valence-electron chi connectivity index (χ4n) is 1.98. The Balaban J connectivity index is 2.00. The summed E-state index contributed by atoms with van der Waals surface area (Å²) in [6, 6.07) is 6.63. The number of hydrogen-bond acceptors (Lipinski definition) is 4. The fraction of sp³-hybridized carbons (Fsp3) is 0.188. The molecule has 1 amide bonds. The fourth-order valence-corrected chi connectivity index (χ4v) is 2.16.